The van der Waals surface area contributed by atoms with Gasteiger partial charge in [0.05, 0.1) is 6.54 Å². The molecule has 0 bridgehead atoms. The molecule has 0 aliphatic heterocycles. The summed E-state index contributed by atoms with van der Waals surface area (Å²) in [5.41, 5.74) is 0.490. The molecule has 7 nitrogen and oxygen atoms in total. The first-order valence-corrected chi connectivity index (χ1v) is 7.38. The van der Waals surface area contributed by atoms with Crippen LogP contribution < -0.4 is 15.4 Å². The third kappa shape index (κ3) is 5.05. The number of hydrogen-bond donors (Lipinski definition) is 2. The third-order valence-electron chi connectivity index (χ3n) is 3.13. The molecule has 0 spiro atoms. The quantitative estimate of drug-likeness (QED) is 0.609. The van der Waals surface area contributed by atoms with E-state index in [0.717, 1.165) is 5.82 Å². The molecule has 0 aliphatic rings. The van der Waals surface area contributed by atoms with Crippen LogP contribution in [-0.2, 0) is 20.1 Å². The lowest BCUT2D eigenvalue weighted by molar-refractivity contribution is -0.0504. The molecule has 1 heterocycles. The molecule has 0 fully saturated rings. The smallest absolute Gasteiger partial charge is 0.387 e. The minimum atomic E-state index is -2.90. The summed E-state index contributed by atoms with van der Waals surface area (Å²) in [7, 11) is 3.42. The van der Waals surface area contributed by atoms with Gasteiger partial charge in [-0.05, 0) is 18.2 Å². The van der Waals surface area contributed by atoms with Crippen LogP contribution in [0.25, 0.3) is 0 Å². The first-order valence-electron chi connectivity index (χ1n) is 7.00. The second-order valence-corrected chi connectivity index (χ2v) is 5.20. The zero-order valence-corrected chi connectivity index (χ0v) is 13.9. The van der Waals surface area contributed by atoms with Crippen LogP contribution in [0.15, 0.2) is 29.5 Å². The van der Waals surface area contributed by atoms with Gasteiger partial charge in [0, 0.05) is 31.2 Å². The lowest BCUT2D eigenvalue weighted by atomic mass is 10.2. The number of aliphatic imine (C=N–C) groups is 1. The molecule has 24 heavy (non-hydrogen) atoms. The van der Waals surface area contributed by atoms with E-state index in [1.54, 1.807) is 24.0 Å². The van der Waals surface area contributed by atoms with Gasteiger partial charge in [-0.15, -0.1) is 10.2 Å². The second kappa shape index (κ2) is 8.44. The van der Waals surface area contributed by atoms with Gasteiger partial charge < -0.3 is 19.9 Å². The maximum Gasteiger partial charge on any atom is 0.387 e. The van der Waals surface area contributed by atoms with Crippen LogP contribution in [0.2, 0.25) is 5.02 Å². The van der Waals surface area contributed by atoms with Gasteiger partial charge >= 0.3 is 6.61 Å². The van der Waals surface area contributed by atoms with Gasteiger partial charge in [-0.1, -0.05) is 11.6 Å². The van der Waals surface area contributed by atoms with Crippen molar-refractivity contribution < 1.29 is 13.5 Å². The number of alkyl halides is 2. The van der Waals surface area contributed by atoms with Crippen molar-refractivity contribution in [1.82, 2.24) is 25.4 Å². The summed E-state index contributed by atoms with van der Waals surface area (Å²) >= 11 is 5.91. The molecule has 2 rings (SSSR count). The summed E-state index contributed by atoms with van der Waals surface area (Å²) in [4.78, 5) is 4.06. The molecule has 0 atom stereocenters. The molecule has 0 aliphatic carbocycles. The zero-order valence-electron chi connectivity index (χ0n) is 13.1. The van der Waals surface area contributed by atoms with E-state index < -0.39 is 6.61 Å². The highest BCUT2D eigenvalue weighted by atomic mass is 35.5. The minimum Gasteiger partial charge on any atom is -0.434 e. The topological polar surface area (TPSA) is 76.4 Å². The van der Waals surface area contributed by atoms with E-state index in [-0.39, 0.29) is 12.3 Å². The normalized spacial score (nSPS) is 11.7. The molecule has 1 aromatic carbocycles. The van der Waals surface area contributed by atoms with E-state index in [1.807, 2.05) is 7.05 Å². The van der Waals surface area contributed by atoms with Gasteiger partial charge in [0.25, 0.3) is 0 Å². The third-order valence-corrected chi connectivity index (χ3v) is 3.36. The molecule has 0 unspecified atom stereocenters. The highest BCUT2D eigenvalue weighted by molar-refractivity contribution is 6.30. The SMILES string of the molecule is CN=C(NCc1cc(Cl)ccc1OC(F)F)NCc1nncn1C. The number of guanidine groups is 1. The average molecular weight is 359 g/mol. The Morgan fingerprint density at radius 3 is 2.75 bits per heavy atom. The number of hydrogen-bond acceptors (Lipinski definition) is 4. The predicted molar refractivity (Wildman–Crippen MR) is 86.1 cm³/mol. The summed E-state index contributed by atoms with van der Waals surface area (Å²) in [5, 5.41) is 14.2. The Balaban J connectivity index is 1.97. The van der Waals surface area contributed by atoms with Gasteiger partial charge in [0.1, 0.15) is 12.1 Å². The van der Waals surface area contributed by atoms with E-state index in [0.29, 0.717) is 23.1 Å². The molecular weight excluding hydrogens is 342 g/mol. The Bertz CT molecular complexity index is 706. The maximum absolute atomic E-state index is 12.5. The molecule has 0 saturated carbocycles. The number of halogens is 3. The largest absolute Gasteiger partial charge is 0.434 e. The Labute approximate surface area is 142 Å². The lowest BCUT2D eigenvalue weighted by Crippen LogP contribution is -2.37. The van der Waals surface area contributed by atoms with E-state index in [4.69, 9.17) is 11.6 Å². The van der Waals surface area contributed by atoms with Crippen LogP contribution in [0.5, 0.6) is 5.75 Å². The van der Waals surface area contributed by atoms with Crippen molar-refractivity contribution in [3.63, 3.8) is 0 Å². The molecule has 2 N–H and O–H groups in total. The number of aromatic nitrogens is 3. The fourth-order valence-corrected chi connectivity index (χ4v) is 2.12. The standard InChI is InChI=1S/C14H17ClF2N6O/c1-18-14(20-7-12-22-21-8-23(12)2)19-6-9-5-10(15)3-4-11(9)24-13(16)17/h3-5,8,13H,6-7H2,1-2H3,(H2,18,19,20). The maximum atomic E-state index is 12.5. The molecular formula is C14H17ClF2N6O. The fraction of sp³-hybridized carbons (Fsp3) is 0.357. The average Bonchev–Trinajstić information content (AvgIpc) is 2.94. The molecule has 130 valence electrons. The van der Waals surface area contributed by atoms with Crippen LogP contribution in [0.1, 0.15) is 11.4 Å². The Hall–Kier alpha value is -2.42. The van der Waals surface area contributed by atoms with Crippen molar-refractivity contribution in [3.05, 3.63) is 40.9 Å². The molecule has 10 heteroatoms. The molecule has 0 saturated heterocycles. The van der Waals surface area contributed by atoms with Gasteiger partial charge in [0.15, 0.2) is 11.8 Å². The van der Waals surface area contributed by atoms with Crippen molar-refractivity contribution >= 4 is 17.6 Å². The van der Waals surface area contributed by atoms with E-state index in [2.05, 4.69) is 30.6 Å². The van der Waals surface area contributed by atoms with Gasteiger partial charge in [-0.3, -0.25) is 4.99 Å². The Morgan fingerprint density at radius 1 is 1.38 bits per heavy atom. The Morgan fingerprint density at radius 2 is 2.12 bits per heavy atom. The fourth-order valence-electron chi connectivity index (χ4n) is 1.93. The minimum absolute atomic E-state index is 0.0608. The van der Waals surface area contributed by atoms with Crippen molar-refractivity contribution in [2.24, 2.45) is 12.0 Å². The van der Waals surface area contributed by atoms with E-state index >= 15 is 0 Å². The molecule has 0 amide bonds. The van der Waals surface area contributed by atoms with Crippen LogP contribution in [0.4, 0.5) is 8.78 Å². The number of benzene rings is 1. The molecule has 0 radical (unpaired) electrons. The van der Waals surface area contributed by atoms with Crippen molar-refractivity contribution in [2.75, 3.05) is 7.05 Å². The molecule has 1 aromatic heterocycles. The summed E-state index contributed by atoms with van der Waals surface area (Å²) in [6.45, 7) is -2.29. The number of nitrogens with zero attached hydrogens (tertiary/aromatic N) is 4. The second-order valence-electron chi connectivity index (χ2n) is 4.77. The van der Waals surface area contributed by atoms with Crippen LogP contribution >= 0.6 is 11.6 Å². The predicted octanol–water partition coefficient (Wildman–Crippen LogP) is 1.94. The van der Waals surface area contributed by atoms with Crippen molar-refractivity contribution in [2.45, 2.75) is 19.7 Å². The number of aryl methyl sites for hydroxylation is 1. The van der Waals surface area contributed by atoms with Crippen LogP contribution in [-0.4, -0.2) is 34.4 Å². The van der Waals surface area contributed by atoms with Gasteiger partial charge in [0.2, 0.25) is 0 Å². The first-order chi connectivity index (χ1) is 11.5. The van der Waals surface area contributed by atoms with Gasteiger partial charge in [-0.2, -0.15) is 8.78 Å². The Kier molecular flexibility index (Phi) is 6.30. The van der Waals surface area contributed by atoms with Crippen molar-refractivity contribution in [3.8, 4) is 5.75 Å². The number of nitrogens with one attached hydrogen (secondary N) is 2. The summed E-state index contributed by atoms with van der Waals surface area (Å²) < 4.78 is 31.2. The van der Waals surface area contributed by atoms with E-state index in [9.17, 15) is 8.78 Å². The highest BCUT2D eigenvalue weighted by Crippen LogP contribution is 2.24. The molecule has 2 aromatic rings. The van der Waals surface area contributed by atoms with Crippen LogP contribution in [0, 0.1) is 0 Å². The van der Waals surface area contributed by atoms with Crippen LogP contribution in [0.3, 0.4) is 0 Å². The summed E-state index contributed by atoms with van der Waals surface area (Å²) in [5.74, 6) is 1.26. The summed E-state index contributed by atoms with van der Waals surface area (Å²) in [6, 6.07) is 4.45. The lowest BCUT2D eigenvalue weighted by Gasteiger charge is -2.14. The summed E-state index contributed by atoms with van der Waals surface area (Å²) in [6.07, 6.45) is 1.59. The van der Waals surface area contributed by atoms with Crippen molar-refractivity contribution in [1.29, 1.82) is 0 Å². The van der Waals surface area contributed by atoms with E-state index in [1.165, 1.54) is 12.1 Å². The zero-order chi connectivity index (χ0) is 17.5. The van der Waals surface area contributed by atoms with Gasteiger partial charge in [-0.25, -0.2) is 0 Å². The number of ether oxygens (including phenoxy) is 1. The monoisotopic (exact) mass is 358 g/mol. The number of rotatable bonds is 6. The first kappa shape index (κ1) is 17.9. The highest BCUT2D eigenvalue weighted by Gasteiger charge is 2.11.